The van der Waals surface area contributed by atoms with Crippen molar-refractivity contribution in [2.24, 2.45) is 0 Å². The first kappa shape index (κ1) is 27.7. The Balaban J connectivity index is 2.47. The van der Waals surface area contributed by atoms with Gasteiger partial charge in [-0.15, -0.1) is 0 Å². The normalized spacial score (nSPS) is 12.7. The number of carbonyl (C=O) groups excluding carboxylic acids is 2. The fourth-order valence-corrected chi connectivity index (χ4v) is 4.84. The summed E-state index contributed by atoms with van der Waals surface area (Å²) in [6.45, 7) is 10.5. The summed E-state index contributed by atoms with van der Waals surface area (Å²) in [5.41, 5.74) is 2.17. The summed E-state index contributed by atoms with van der Waals surface area (Å²) in [7, 11) is -3.78. The van der Waals surface area contributed by atoms with E-state index in [4.69, 9.17) is 11.6 Å². The molecule has 1 N–H and O–H groups in total. The van der Waals surface area contributed by atoms with Gasteiger partial charge in [0.25, 0.3) is 0 Å². The van der Waals surface area contributed by atoms with Crippen LogP contribution in [0.3, 0.4) is 0 Å². The van der Waals surface area contributed by atoms with Crippen LogP contribution in [-0.2, 0) is 26.2 Å². The van der Waals surface area contributed by atoms with Crippen LogP contribution >= 0.6 is 11.6 Å². The van der Waals surface area contributed by atoms with Gasteiger partial charge in [-0.3, -0.25) is 13.9 Å². The second kappa shape index (κ2) is 10.8. The summed E-state index contributed by atoms with van der Waals surface area (Å²) in [5, 5.41) is 3.40. The van der Waals surface area contributed by atoms with Crippen molar-refractivity contribution in [3.8, 4) is 0 Å². The number of hydrogen-bond donors (Lipinski definition) is 1. The zero-order chi connectivity index (χ0) is 25.8. The topological polar surface area (TPSA) is 86.8 Å². The molecule has 0 saturated carbocycles. The lowest BCUT2D eigenvalue weighted by molar-refractivity contribution is -0.140. The van der Waals surface area contributed by atoms with Crippen LogP contribution in [0, 0.1) is 13.8 Å². The van der Waals surface area contributed by atoms with E-state index in [9.17, 15) is 18.0 Å². The van der Waals surface area contributed by atoms with Crippen LogP contribution in [0.25, 0.3) is 0 Å². The molecule has 0 aliphatic heterocycles. The Labute approximate surface area is 208 Å². The van der Waals surface area contributed by atoms with Crippen molar-refractivity contribution in [3.63, 3.8) is 0 Å². The van der Waals surface area contributed by atoms with Crippen LogP contribution in [-0.4, -0.2) is 49.5 Å². The molecule has 0 aliphatic carbocycles. The molecule has 2 amide bonds. The molecule has 9 heteroatoms. The second-order valence-electron chi connectivity index (χ2n) is 9.58. The van der Waals surface area contributed by atoms with Crippen LogP contribution in [0.15, 0.2) is 42.5 Å². The number of nitrogens with zero attached hydrogens (tertiary/aromatic N) is 2. The maximum atomic E-state index is 13.6. The molecule has 2 aromatic rings. The molecule has 34 heavy (non-hydrogen) atoms. The van der Waals surface area contributed by atoms with Gasteiger partial charge in [0.1, 0.15) is 12.6 Å². The van der Waals surface area contributed by atoms with Gasteiger partial charge in [-0.25, -0.2) is 8.42 Å². The van der Waals surface area contributed by atoms with Crippen LogP contribution < -0.4 is 9.62 Å². The molecule has 0 saturated heterocycles. The van der Waals surface area contributed by atoms with Gasteiger partial charge in [0, 0.05) is 17.1 Å². The van der Waals surface area contributed by atoms with Gasteiger partial charge in [0.05, 0.1) is 11.9 Å². The van der Waals surface area contributed by atoms with E-state index in [1.54, 1.807) is 57.2 Å². The van der Waals surface area contributed by atoms with Gasteiger partial charge in [-0.1, -0.05) is 41.9 Å². The SMILES string of the molecule is Cc1cccc(C)c1N(CC(=O)N(Cc1cccc(Cl)c1)[C@H](C)C(=O)NC(C)(C)C)S(C)(=O)=O. The van der Waals surface area contributed by atoms with Gasteiger partial charge < -0.3 is 10.2 Å². The van der Waals surface area contributed by atoms with Gasteiger partial charge in [0.15, 0.2) is 0 Å². The quantitative estimate of drug-likeness (QED) is 0.583. The predicted octanol–water partition coefficient (Wildman–Crippen LogP) is 4.05. The van der Waals surface area contributed by atoms with Crippen LogP contribution in [0.4, 0.5) is 5.69 Å². The van der Waals surface area contributed by atoms with E-state index in [2.05, 4.69) is 5.32 Å². The van der Waals surface area contributed by atoms with Crippen molar-refractivity contribution in [3.05, 3.63) is 64.2 Å². The lowest BCUT2D eigenvalue weighted by Crippen LogP contribution is -2.54. The number of anilines is 1. The molecule has 0 heterocycles. The second-order valence-corrected chi connectivity index (χ2v) is 11.9. The highest BCUT2D eigenvalue weighted by Crippen LogP contribution is 2.27. The fraction of sp³-hybridized carbons (Fsp3) is 0.440. The van der Waals surface area contributed by atoms with Gasteiger partial charge in [-0.05, 0) is 70.4 Å². The van der Waals surface area contributed by atoms with Crippen molar-refractivity contribution in [1.29, 1.82) is 0 Å². The molecular formula is C25H34ClN3O4S. The van der Waals surface area contributed by atoms with Crippen LogP contribution in [0.2, 0.25) is 5.02 Å². The van der Waals surface area contributed by atoms with E-state index >= 15 is 0 Å². The average Bonchev–Trinajstić information content (AvgIpc) is 2.68. The number of amides is 2. The lowest BCUT2D eigenvalue weighted by Gasteiger charge is -2.33. The number of benzene rings is 2. The fourth-order valence-electron chi connectivity index (χ4n) is 3.66. The van der Waals surface area contributed by atoms with Crippen molar-refractivity contribution in [1.82, 2.24) is 10.2 Å². The summed E-state index contributed by atoms with van der Waals surface area (Å²) in [6, 6.07) is 11.6. The van der Waals surface area contributed by atoms with Crippen LogP contribution in [0.5, 0.6) is 0 Å². The Kier molecular flexibility index (Phi) is 8.77. The zero-order valence-corrected chi connectivity index (χ0v) is 22.4. The highest BCUT2D eigenvalue weighted by atomic mass is 35.5. The minimum Gasteiger partial charge on any atom is -0.350 e. The van der Waals surface area contributed by atoms with Gasteiger partial charge in [-0.2, -0.15) is 0 Å². The van der Waals surface area contributed by atoms with E-state index in [1.807, 2.05) is 26.8 Å². The molecule has 7 nitrogen and oxygen atoms in total. The molecule has 0 spiro atoms. The molecule has 0 aliphatic rings. The molecule has 0 radical (unpaired) electrons. The maximum absolute atomic E-state index is 13.6. The molecule has 1 atom stereocenters. The third-order valence-corrected chi connectivity index (χ3v) is 6.62. The monoisotopic (exact) mass is 507 g/mol. The molecular weight excluding hydrogens is 474 g/mol. The number of sulfonamides is 1. The van der Waals surface area contributed by atoms with E-state index in [0.717, 1.165) is 27.3 Å². The van der Waals surface area contributed by atoms with E-state index in [-0.39, 0.29) is 12.5 Å². The number of para-hydroxylation sites is 1. The van der Waals surface area contributed by atoms with Crippen molar-refractivity contribution in [2.45, 2.75) is 59.7 Å². The number of carbonyl (C=O) groups is 2. The third-order valence-electron chi connectivity index (χ3n) is 5.28. The first-order chi connectivity index (χ1) is 15.6. The summed E-state index contributed by atoms with van der Waals surface area (Å²) in [5.74, 6) is -0.828. The Hall–Kier alpha value is -2.58. The first-order valence-corrected chi connectivity index (χ1v) is 13.2. The third kappa shape index (κ3) is 7.46. The summed E-state index contributed by atoms with van der Waals surface area (Å²) < 4.78 is 26.6. The van der Waals surface area contributed by atoms with Crippen molar-refractivity contribution in [2.75, 3.05) is 17.1 Å². The molecule has 0 unspecified atom stereocenters. The maximum Gasteiger partial charge on any atom is 0.244 e. The lowest BCUT2D eigenvalue weighted by atomic mass is 10.1. The molecule has 0 aromatic heterocycles. The van der Waals surface area contributed by atoms with Crippen molar-refractivity contribution < 1.29 is 18.0 Å². The smallest absolute Gasteiger partial charge is 0.244 e. The Morgan fingerprint density at radius 2 is 1.62 bits per heavy atom. The molecule has 2 rings (SSSR count). The summed E-state index contributed by atoms with van der Waals surface area (Å²) >= 11 is 6.13. The molecule has 2 aromatic carbocycles. The standard InChI is InChI=1S/C25H34ClN3O4S/c1-17-10-8-11-18(2)23(17)29(34(7,32)33)16-22(30)28(15-20-12-9-13-21(26)14-20)19(3)24(31)27-25(4,5)6/h8-14,19H,15-16H2,1-7H3,(H,27,31)/t19-/m1/s1. The molecule has 0 fully saturated rings. The molecule has 186 valence electrons. The average molecular weight is 508 g/mol. The number of aryl methyl sites for hydroxylation is 2. The minimum atomic E-state index is -3.78. The number of nitrogens with one attached hydrogen (secondary N) is 1. The Morgan fingerprint density at radius 1 is 1.06 bits per heavy atom. The van der Waals surface area contributed by atoms with Crippen LogP contribution in [0.1, 0.15) is 44.4 Å². The highest BCUT2D eigenvalue weighted by molar-refractivity contribution is 7.92. The van der Waals surface area contributed by atoms with E-state index in [0.29, 0.717) is 10.7 Å². The largest absolute Gasteiger partial charge is 0.350 e. The van der Waals surface area contributed by atoms with E-state index < -0.39 is 34.1 Å². The number of hydrogen-bond acceptors (Lipinski definition) is 4. The summed E-state index contributed by atoms with van der Waals surface area (Å²) in [4.78, 5) is 28.0. The Morgan fingerprint density at radius 3 is 2.12 bits per heavy atom. The number of halogens is 1. The first-order valence-electron chi connectivity index (χ1n) is 11.0. The summed E-state index contributed by atoms with van der Waals surface area (Å²) in [6.07, 6.45) is 1.07. The highest BCUT2D eigenvalue weighted by Gasteiger charge is 2.32. The molecule has 0 bridgehead atoms. The minimum absolute atomic E-state index is 0.0997. The predicted molar refractivity (Wildman–Crippen MR) is 137 cm³/mol. The number of rotatable bonds is 8. The van der Waals surface area contributed by atoms with Gasteiger partial charge in [0.2, 0.25) is 21.8 Å². The van der Waals surface area contributed by atoms with Gasteiger partial charge >= 0.3 is 0 Å². The zero-order valence-electron chi connectivity index (χ0n) is 20.8. The van der Waals surface area contributed by atoms with Crippen molar-refractivity contribution >= 4 is 39.1 Å². The Bertz CT molecular complexity index is 1140. The van der Waals surface area contributed by atoms with E-state index in [1.165, 1.54) is 4.90 Å².